The Hall–Kier alpha value is -1.13. The largest absolute Gasteiger partial charge is 0.354 e. The van der Waals surface area contributed by atoms with Gasteiger partial charge in [-0.05, 0) is 44.9 Å². The summed E-state index contributed by atoms with van der Waals surface area (Å²) in [6.07, 6.45) is 1.92. The Balaban J connectivity index is 2.07. The van der Waals surface area contributed by atoms with E-state index in [1.165, 1.54) is 5.56 Å². The third-order valence-corrected chi connectivity index (χ3v) is 3.94. The van der Waals surface area contributed by atoms with Crippen LogP contribution in [0.2, 0.25) is 0 Å². The van der Waals surface area contributed by atoms with Gasteiger partial charge in [-0.25, -0.2) is 4.98 Å². The molecular formula is C15H26N4. The van der Waals surface area contributed by atoms with E-state index in [0.717, 1.165) is 37.6 Å². The first-order valence-electron chi connectivity index (χ1n) is 7.20. The van der Waals surface area contributed by atoms with E-state index in [1.54, 1.807) is 0 Å². The highest BCUT2D eigenvalue weighted by molar-refractivity contribution is 5.48. The van der Waals surface area contributed by atoms with Crippen LogP contribution >= 0.6 is 0 Å². The Morgan fingerprint density at radius 3 is 2.26 bits per heavy atom. The van der Waals surface area contributed by atoms with E-state index >= 15 is 0 Å². The van der Waals surface area contributed by atoms with Gasteiger partial charge in [0.05, 0.1) is 0 Å². The SMILES string of the molecule is Cc1cc(C(C)N)cnc1N1CCN(C(C)C)CC1. The van der Waals surface area contributed by atoms with Crippen LogP contribution in [0, 0.1) is 6.92 Å². The molecule has 1 aliphatic rings. The van der Waals surface area contributed by atoms with Crippen molar-refractivity contribution in [3.63, 3.8) is 0 Å². The summed E-state index contributed by atoms with van der Waals surface area (Å²) in [5.74, 6) is 1.12. The maximum atomic E-state index is 5.90. The standard InChI is InChI=1S/C15H26N4/c1-11(2)18-5-7-19(8-6-18)15-12(3)9-14(10-17-15)13(4)16/h9-11,13H,5-8,16H2,1-4H3. The van der Waals surface area contributed by atoms with Crippen LogP contribution < -0.4 is 10.6 Å². The molecule has 1 aromatic rings. The van der Waals surface area contributed by atoms with E-state index < -0.39 is 0 Å². The molecule has 106 valence electrons. The fourth-order valence-corrected chi connectivity index (χ4v) is 2.62. The second-order valence-corrected chi connectivity index (χ2v) is 5.81. The van der Waals surface area contributed by atoms with E-state index in [-0.39, 0.29) is 6.04 Å². The molecule has 1 atom stereocenters. The molecule has 1 aromatic heterocycles. The van der Waals surface area contributed by atoms with Crippen LogP contribution in [0.4, 0.5) is 5.82 Å². The summed E-state index contributed by atoms with van der Waals surface area (Å²) in [6, 6.07) is 2.86. The van der Waals surface area contributed by atoms with Gasteiger partial charge in [0, 0.05) is 44.5 Å². The zero-order valence-corrected chi connectivity index (χ0v) is 12.6. The Morgan fingerprint density at radius 2 is 1.79 bits per heavy atom. The predicted molar refractivity (Wildman–Crippen MR) is 80.5 cm³/mol. The van der Waals surface area contributed by atoms with Crippen molar-refractivity contribution in [2.75, 3.05) is 31.1 Å². The molecular weight excluding hydrogens is 236 g/mol. The lowest BCUT2D eigenvalue weighted by Crippen LogP contribution is -2.49. The molecule has 0 aliphatic carbocycles. The zero-order valence-electron chi connectivity index (χ0n) is 12.6. The van der Waals surface area contributed by atoms with Crippen LogP contribution in [0.1, 0.15) is 37.9 Å². The molecule has 1 saturated heterocycles. The van der Waals surface area contributed by atoms with Gasteiger partial charge in [-0.1, -0.05) is 0 Å². The molecule has 0 saturated carbocycles. The summed E-state index contributed by atoms with van der Waals surface area (Å²) in [6.45, 7) is 13.0. The molecule has 1 fully saturated rings. The number of rotatable bonds is 3. The molecule has 1 aliphatic heterocycles. The number of nitrogens with zero attached hydrogens (tertiary/aromatic N) is 3. The van der Waals surface area contributed by atoms with Crippen LogP contribution in [0.3, 0.4) is 0 Å². The van der Waals surface area contributed by atoms with Gasteiger partial charge in [-0.2, -0.15) is 0 Å². The number of pyridine rings is 1. The average Bonchev–Trinajstić information content (AvgIpc) is 2.38. The molecule has 0 aromatic carbocycles. The van der Waals surface area contributed by atoms with Crippen molar-refractivity contribution in [1.82, 2.24) is 9.88 Å². The van der Waals surface area contributed by atoms with Crippen molar-refractivity contribution in [1.29, 1.82) is 0 Å². The second-order valence-electron chi connectivity index (χ2n) is 5.81. The maximum Gasteiger partial charge on any atom is 0.131 e. The van der Waals surface area contributed by atoms with E-state index in [9.17, 15) is 0 Å². The van der Waals surface area contributed by atoms with Crippen molar-refractivity contribution < 1.29 is 0 Å². The van der Waals surface area contributed by atoms with Gasteiger partial charge in [0.15, 0.2) is 0 Å². The first-order chi connectivity index (χ1) is 8.99. The van der Waals surface area contributed by atoms with Gasteiger partial charge >= 0.3 is 0 Å². The molecule has 0 bridgehead atoms. The molecule has 4 nitrogen and oxygen atoms in total. The molecule has 0 radical (unpaired) electrons. The molecule has 2 heterocycles. The number of hydrogen-bond acceptors (Lipinski definition) is 4. The van der Waals surface area contributed by atoms with Crippen LogP contribution in [-0.2, 0) is 0 Å². The van der Waals surface area contributed by atoms with Gasteiger partial charge < -0.3 is 10.6 Å². The van der Waals surface area contributed by atoms with Crippen molar-refractivity contribution >= 4 is 5.82 Å². The minimum Gasteiger partial charge on any atom is -0.354 e. The Bertz CT molecular complexity index is 420. The number of hydrogen-bond donors (Lipinski definition) is 1. The Labute approximate surface area is 116 Å². The van der Waals surface area contributed by atoms with Crippen molar-refractivity contribution in [2.45, 2.75) is 39.8 Å². The lowest BCUT2D eigenvalue weighted by molar-refractivity contribution is 0.209. The van der Waals surface area contributed by atoms with E-state index in [2.05, 4.69) is 41.6 Å². The van der Waals surface area contributed by atoms with Gasteiger partial charge in [0.2, 0.25) is 0 Å². The molecule has 4 heteroatoms. The molecule has 0 amide bonds. The summed E-state index contributed by atoms with van der Waals surface area (Å²) in [5.41, 5.74) is 8.24. The Kier molecular flexibility index (Phi) is 4.42. The normalized spacial score (nSPS) is 18.9. The maximum absolute atomic E-state index is 5.90. The fourth-order valence-electron chi connectivity index (χ4n) is 2.62. The lowest BCUT2D eigenvalue weighted by Gasteiger charge is -2.38. The minimum atomic E-state index is 0.0537. The topological polar surface area (TPSA) is 45.4 Å². The monoisotopic (exact) mass is 262 g/mol. The Morgan fingerprint density at radius 1 is 1.16 bits per heavy atom. The van der Waals surface area contributed by atoms with Gasteiger partial charge in [-0.15, -0.1) is 0 Å². The molecule has 1 unspecified atom stereocenters. The summed E-state index contributed by atoms with van der Waals surface area (Å²) >= 11 is 0. The van der Waals surface area contributed by atoms with E-state index in [4.69, 9.17) is 5.73 Å². The van der Waals surface area contributed by atoms with Crippen molar-refractivity contribution in [3.05, 3.63) is 23.4 Å². The molecule has 2 N–H and O–H groups in total. The quantitative estimate of drug-likeness (QED) is 0.904. The van der Waals surface area contributed by atoms with Gasteiger partial charge in [0.25, 0.3) is 0 Å². The van der Waals surface area contributed by atoms with Crippen molar-refractivity contribution in [2.24, 2.45) is 5.73 Å². The first-order valence-corrected chi connectivity index (χ1v) is 7.20. The van der Waals surface area contributed by atoms with Crippen LogP contribution in [0.5, 0.6) is 0 Å². The second kappa shape index (κ2) is 5.88. The smallest absolute Gasteiger partial charge is 0.131 e. The lowest BCUT2D eigenvalue weighted by atomic mass is 10.1. The minimum absolute atomic E-state index is 0.0537. The number of aromatic nitrogens is 1. The molecule has 2 rings (SSSR count). The van der Waals surface area contributed by atoms with Crippen molar-refractivity contribution in [3.8, 4) is 0 Å². The number of nitrogens with two attached hydrogens (primary N) is 1. The van der Waals surface area contributed by atoms with Gasteiger partial charge in [0.1, 0.15) is 5.82 Å². The third kappa shape index (κ3) is 3.25. The van der Waals surface area contributed by atoms with E-state index in [0.29, 0.717) is 6.04 Å². The third-order valence-electron chi connectivity index (χ3n) is 3.94. The summed E-state index contributed by atoms with van der Waals surface area (Å²) in [7, 11) is 0. The number of aryl methyl sites for hydroxylation is 1. The zero-order chi connectivity index (χ0) is 14.0. The van der Waals surface area contributed by atoms with Crippen LogP contribution in [-0.4, -0.2) is 42.1 Å². The average molecular weight is 262 g/mol. The summed E-state index contributed by atoms with van der Waals surface area (Å²) < 4.78 is 0. The molecule has 0 spiro atoms. The van der Waals surface area contributed by atoms with E-state index in [1.807, 2.05) is 13.1 Å². The molecule has 19 heavy (non-hydrogen) atoms. The van der Waals surface area contributed by atoms with Crippen LogP contribution in [0.15, 0.2) is 12.3 Å². The summed E-state index contributed by atoms with van der Waals surface area (Å²) in [5, 5.41) is 0. The fraction of sp³-hybridized carbons (Fsp3) is 0.667. The van der Waals surface area contributed by atoms with Crippen LogP contribution in [0.25, 0.3) is 0 Å². The first kappa shape index (κ1) is 14.3. The number of anilines is 1. The summed E-state index contributed by atoms with van der Waals surface area (Å²) in [4.78, 5) is 9.52. The number of piperazine rings is 1. The highest BCUT2D eigenvalue weighted by Crippen LogP contribution is 2.22. The predicted octanol–water partition coefficient (Wildman–Crippen LogP) is 1.94. The highest BCUT2D eigenvalue weighted by Gasteiger charge is 2.20. The van der Waals surface area contributed by atoms with Gasteiger partial charge in [-0.3, -0.25) is 4.90 Å². The highest BCUT2D eigenvalue weighted by atomic mass is 15.3.